The first-order valence-corrected chi connectivity index (χ1v) is 10.0. The standard InChI is InChI=1S/C22H16Cl2FN3O3/c1-27-11-18(24)19(26-27)12-28(10-14-6-7-15(25)9-17(14)23)21(29)16-8-13-4-2-3-5-20(13)31-22(16)30/h2-9,11H,10,12H2,1H3. The largest absolute Gasteiger partial charge is 0.422 e. The number of aryl methyl sites for hydroxylation is 1. The summed E-state index contributed by atoms with van der Waals surface area (Å²) in [5.41, 5.74) is 0.439. The molecule has 2 aromatic carbocycles. The first kappa shape index (κ1) is 21.1. The van der Waals surface area contributed by atoms with Crippen molar-refractivity contribution < 1.29 is 13.6 Å². The fourth-order valence-corrected chi connectivity index (χ4v) is 3.70. The Balaban J connectivity index is 1.75. The average Bonchev–Trinajstić information content (AvgIpc) is 3.05. The molecule has 0 saturated heterocycles. The van der Waals surface area contributed by atoms with Gasteiger partial charge in [0, 0.05) is 30.2 Å². The number of rotatable bonds is 5. The van der Waals surface area contributed by atoms with Gasteiger partial charge in [-0.3, -0.25) is 9.48 Å². The van der Waals surface area contributed by atoms with E-state index in [1.165, 1.54) is 27.8 Å². The molecular formula is C22H16Cl2FN3O3. The normalized spacial score (nSPS) is 11.1. The third kappa shape index (κ3) is 4.47. The highest BCUT2D eigenvalue weighted by atomic mass is 35.5. The monoisotopic (exact) mass is 459 g/mol. The van der Waals surface area contributed by atoms with Gasteiger partial charge >= 0.3 is 5.63 Å². The van der Waals surface area contributed by atoms with E-state index >= 15 is 0 Å². The number of aromatic nitrogens is 2. The van der Waals surface area contributed by atoms with Crippen LogP contribution in [0.5, 0.6) is 0 Å². The molecule has 0 aliphatic heterocycles. The van der Waals surface area contributed by atoms with Gasteiger partial charge in [-0.25, -0.2) is 9.18 Å². The summed E-state index contributed by atoms with van der Waals surface area (Å²) < 4.78 is 20.3. The highest BCUT2D eigenvalue weighted by Gasteiger charge is 2.24. The minimum absolute atomic E-state index is 0.0110. The van der Waals surface area contributed by atoms with E-state index in [9.17, 15) is 14.0 Å². The summed E-state index contributed by atoms with van der Waals surface area (Å²) in [7, 11) is 1.70. The summed E-state index contributed by atoms with van der Waals surface area (Å²) in [6.45, 7) is 0.0234. The maximum atomic E-state index is 13.5. The van der Waals surface area contributed by atoms with E-state index < -0.39 is 17.3 Å². The van der Waals surface area contributed by atoms with Crippen LogP contribution in [0, 0.1) is 5.82 Å². The van der Waals surface area contributed by atoms with Crippen molar-refractivity contribution >= 4 is 40.1 Å². The molecular weight excluding hydrogens is 444 g/mol. The molecule has 0 saturated carbocycles. The molecule has 0 N–H and O–H groups in total. The lowest BCUT2D eigenvalue weighted by molar-refractivity contribution is 0.0723. The van der Waals surface area contributed by atoms with Crippen LogP contribution in [0.4, 0.5) is 4.39 Å². The fourth-order valence-electron chi connectivity index (χ4n) is 3.23. The smallest absolute Gasteiger partial charge is 0.349 e. The van der Waals surface area contributed by atoms with Crippen molar-refractivity contribution in [2.24, 2.45) is 7.05 Å². The number of nitrogens with zero attached hydrogens (tertiary/aromatic N) is 3. The van der Waals surface area contributed by atoms with Crippen molar-refractivity contribution in [3.63, 3.8) is 0 Å². The number of carbonyl (C=O) groups is 1. The number of carbonyl (C=O) groups excluding carboxylic acids is 1. The number of hydrogen-bond donors (Lipinski definition) is 0. The highest BCUT2D eigenvalue weighted by Crippen LogP contribution is 2.23. The van der Waals surface area contributed by atoms with Crippen LogP contribution < -0.4 is 5.63 Å². The van der Waals surface area contributed by atoms with Gasteiger partial charge in [-0.1, -0.05) is 47.5 Å². The van der Waals surface area contributed by atoms with Gasteiger partial charge < -0.3 is 9.32 Å². The molecule has 0 aliphatic rings. The van der Waals surface area contributed by atoms with Crippen LogP contribution in [-0.4, -0.2) is 20.6 Å². The third-order valence-corrected chi connectivity index (χ3v) is 5.40. The van der Waals surface area contributed by atoms with Gasteiger partial charge in [-0.15, -0.1) is 0 Å². The second-order valence-electron chi connectivity index (χ2n) is 6.98. The molecule has 4 rings (SSSR count). The van der Waals surface area contributed by atoms with Crippen LogP contribution in [0.25, 0.3) is 11.0 Å². The van der Waals surface area contributed by atoms with E-state index in [-0.39, 0.29) is 23.7 Å². The van der Waals surface area contributed by atoms with Crippen LogP contribution in [-0.2, 0) is 20.1 Å². The molecule has 1 amide bonds. The van der Waals surface area contributed by atoms with E-state index in [1.54, 1.807) is 37.5 Å². The van der Waals surface area contributed by atoms with Gasteiger partial charge in [-0.2, -0.15) is 5.10 Å². The Hall–Kier alpha value is -3.16. The van der Waals surface area contributed by atoms with Crippen LogP contribution >= 0.6 is 23.2 Å². The Morgan fingerprint density at radius 2 is 1.90 bits per heavy atom. The second-order valence-corrected chi connectivity index (χ2v) is 7.79. The number of para-hydroxylation sites is 1. The lowest BCUT2D eigenvalue weighted by Crippen LogP contribution is -2.33. The summed E-state index contributed by atoms with van der Waals surface area (Å²) in [6.07, 6.45) is 1.61. The topological polar surface area (TPSA) is 68.3 Å². The predicted molar refractivity (Wildman–Crippen MR) is 116 cm³/mol. The van der Waals surface area contributed by atoms with Gasteiger partial charge in [0.15, 0.2) is 0 Å². The zero-order valence-corrected chi connectivity index (χ0v) is 17.8. The van der Waals surface area contributed by atoms with E-state index in [1.807, 2.05) is 0 Å². The van der Waals surface area contributed by atoms with Crippen LogP contribution in [0.3, 0.4) is 0 Å². The SMILES string of the molecule is Cn1cc(Cl)c(CN(Cc2ccc(F)cc2Cl)C(=O)c2cc3ccccc3oc2=O)n1. The minimum atomic E-state index is -0.758. The third-order valence-electron chi connectivity index (χ3n) is 4.73. The Morgan fingerprint density at radius 3 is 2.61 bits per heavy atom. The molecule has 2 heterocycles. The van der Waals surface area contributed by atoms with Crippen molar-refractivity contribution in [1.82, 2.24) is 14.7 Å². The lowest BCUT2D eigenvalue weighted by atomic mass is 10.1. The molecule has 158 valence electrons. The Bertz CT molecular complexity index is 1350. The molecule has 0 bridgehead atoms. The van der Waals surface area contributed by atoms with Crippen molar-refractivity contribution in [3.8, 4) is 0 Å². The molecule has 0 aliphatic carbocycles. The first-order valence-electron chi connectivity index (χ1n) is 9.26. The number of halogens is 3. The Labute approximate surface area is 186 Å². The summed E-state index contributed by atoms with van der Waals surface area (Å²) >= 11 is 12.4. The van der Waals surface area contributed by atoms with Crippen LogP contribution in [0.1, 0.15) is 21.6 Å². The fraction of sp³-hybridized carbons (Fsp3) is 0.136. The molecule has 4 aromatic rings. The van der Waals surface area contributed by atoms with Gasteiger partial charge in [0.05, 0.1) is 11.6 Å². The lowest BCUT2D eigenvalue weighted by Gasteiger charge is -2.22. The maximum absolute atomic E-state index is 13.5. The molecule has 0 radical (unpaired) electrons. The van der Waals surface area contributed by atoms with Gasteiger partial charge in [0.2, 0.25) is 0 Å². The molecule has 0 spiro atoms. The van der Waals surface area contributed by atoms with Crippen molar-refractivity contribution in [2.45, 2.75) is 13.1 Å². The quantitative estimate of drug-likeness (QED) is 0.401. The maximum Gasteiger partial charge on any atom is 0.349 e. The summed E-state index contributed by atoms with van der Waals surface area (Å²) in [6, 6.07) is 12.3. The number of hydrogen-bond acceptors (Lipinski definition) is 4. The van der Waals surface area contributed by atoms with Gasteiger partial charge in [0.1, 0.15) is 22.7 Å². The van der Waals surface area contributed by atoms with Crippen LogP contribution in [0.2, 0.25) is 10.0 Å². The molecule has 0 atom stereocenters. The Kier molecular flexibility index (Phi) is 5.80. The second kappa shape index (κ2) is 8.53. The van der Waals surface area contributed by atoms with Gasteiger partial charge in [-0.05, 0) is 29.8 Å². The Morgan fingerprint density at radius 1 is 1.13 bits per heavy atom. The highest BCUT2D eigenvalue weighted by molar-refractivity contribution is 6.31. The molecule has 0 unspecified atom stereocenters. The summed E-state index contributed by atoms with van der Waals surface area (Å²) in [4.78, 5) is 27.3. The van der Waals surface area contributed by atoms with E-state index in [2.05, 4.69) is 5.10 Å². The first-order chi connectivity index (χ1) is 14.8. The van der Waals surface area contributed by atoms with E-state index in [0.717, 1.165) is 6.07 Å². The molecule has 2 aromatic heterocycles. The van der Waals surface area contributed by atoms with Crippen molar-refractivity contribution in [1.29, 1.82) is 0 Å². The van der Waals surface area contributed by atoms with Crippen molar-refractivity contribution in [3.05, 3.63) is 97.8 Å². The zero-order chi connectivity index (χ0) is 22.1. The summed E-state index contributed by atoms with van der Waals surface area (Å²) in [5.74, 6) is -1.07. The number of amides is 1. The minimum Gasteiger partial charge on any atom is -0.422 e. The predicted octanol–water partition coefficient (Wildman–Crippen LogP) is 4.82. The molecule has 9 heteroatoms. The molecule has 6 nitrogen and oxygen atoms in total. The van der Waals surface area contributed by atoms with Crippen molar-refractivity contribution in [2.75, 3.05) is 0 Å². The van der Waals surface area contributed by atoms with E-state index in [4.69, 9.17) is 27.6 Å². The van der Waals surface area contributed by atoms with E-state index in [0.29, 0.717) is 27.2 Å². The van der Waals surface area contributed by atoms with Gasteiger partial charge in [0.25, 0.3) is 5.91 Å². The molecule has 31 heavy (non-hydrogen) atoms. The number of fused-ring (bicyclic) bond motifs is 1. The van der Waals surface area contributed by atoms with Crippen LogP contribution in [0.15, 0.2) is 63.9 Å². The summed E-state index contributed by atoms with van der Waals surface area (Å²) in [5, 5.41) is 5.42. The molecule has 0 fully saturated rings. The average molecular weight is 460 g/mol. The zero-order valence-electron chi connectivity index (χ0n) is 16.3. The number of benzene rings is 2.